The first-order valence-corrected chi connectivity index (χ1v) is 8.95. The Bertz CT molecular complexity index is 686. The molecule has 0 aromatic carbocycles. The molecule has 2 atom stereocenters. The molecule has 0 unspecified atom stereocenters. The van der Waals surface area contributed by atoms with Crippen LogP contribution in [-0.2, 0) is 21.8 Å². The lowest BCUT2D eigenvalue weighted by Crippen LogP contribution is -2.38. The Kier molecular flexibility index (Phi) is 5.43. The Morgan fingerprint density at radius 1 is 1.52 bits per heavy atom. The zero-order valence-corrected chi connectivity index (χ0v) is 13.9. The molecule has 0 amide bonds. The standard InChI is InChI=1S/C14H21FN2O5S/c1-3-22-14(19)13-12(15)11(7-17(13)2)23(20,21)16-10-6-4-5-9(10)8-18/h7,9-10,16,18H,3-6,8H2,1-2H3/t9-,10-/m1/s1. The minimum absolute atomic E-state index is 0.0596. The van der Waals surface area contributed by atoms with Crippen molar-refractivity contribution >= 4 is 16.0 Å². The highest BCUT2D eigenvalue weighted by molar-refractivity contribution is 7.89. The first kappa shape index (κ1) is 17.9. The van der Waals surface area contributed by atoms with E-state index in [2.05, 4.69) is 4.72 Å². The average molecular weight is 348 g/mol. The Morgan fingerprint density at radius 3 is 2.83 bits per heavy atom. The third-order valence-electron chi connectivity index (χ3n) is 4.05. The quantitative estimate of drug-likeness (QED) is 0.741. The molecule has 1 aliphatic carbocycles. The Balaban J connectivity index is 2.30. The van der Waals surface area contributed by atoms with Crippen molar-refractivity contribution in [3.63, 3.8) is 0 Å². The fourth-order valence-electron chi connectivity index (χ4n) is 2.86. The summed E-state index contributed by atoms with van der Waals surface area (Å²) in [5, 5.41) is 9.26. The van der Waals surface area contributed by atoms with Crippen molar-refractivity contribution in [2.75, 3.05) is 13.2 Å². The van der Waals surface area contributed by atoms with Crippen LogP contribution in [0.5, 0.6) is 0 Å². The second kappa shape index (κ2) is 6.98. The number of aromatic nitrogens is 1. The van der Waals surface area contributed by atoms with Crippen molar-refractivity contribution < 1.29 is 27.4 Å². The summed E-state index contributed by atoms with van der Waals surface area (Å²) in [5.41, 5.74) is -0.433. The van der Waals surface area contributed by atoms with Gasteiger partial charge in [0.05, 0.1) is 6.61 Å². The second-order valence-corrected chi connectivity index (χ2v) is 7.27. The Labute approximate surface area is 134 Å². The van der Waals surface area contributed by atoms with Crippen molar-refractivity contribution in [1.29, 1.82) is 0 Å². The number of nitrogens with zero attached hydrogens (tertiary/aromatic N) is 1. The van der Waals surface area contributed by atoms with Crippen LogP contribution in [0.4, 0.5) is 4.39 Å². The van der Waals surface area contributed by atoms with Crippen molar-refractivity contribution in [2.45, 2.75) is 37.1 Å². The van der Waals surface area contributed by atoms with Gasteiger partial charge in [-0.3, -0.25) is 0 Å². The van der Waals surface area contributed by atoms with E-state index < -0.39 is 38.4 Å². The normalized spacial score (nSPS) is 21.6. The molecule has 7 nitrogen and oxygen atoms in total. The van der Waals surface area contributed by atoms with Crippen LogP contribution in [0, 0.1) is 11.7 Å². The summed E-state index contributed by atoms with van der Waals surface area (Å²) >= 11 is 0. The van der Waals surface area contributed by atoms with Gasteiger partial charge >= 0.3 is 5.97 Å². The third-order valence-corrected chi connectivity index (χ3v) is 5.52. The molecule has 23 heavy (non-hydrogen) atoms. The van der Waals surface area contributed by atoms with Gasteiger partial charge in [0.25, 0.3) is 0 Å². The number of hydrogen-bond acceptors (Lipinski definition) is 5. The number of sulfonamides is 1. The van der Waals surface area contributed by atoms with Crippen LogP contribution >= 0.6 is 0 Å². The zero-order chi connectivity index (χ0) is 17.2. The maximum atomic E-state index is 14.4. The van der Waals surface area contributed by atoms with E-state index in [1.165, 1.54) is 7.05 Å². The topological polar surface area (TPSA) is 97.6 Å². The Morgan fingerprint density at radius 2 is 2.22 bits per heavy atom. The molecule has 2 rings (SSSR count). The van der Waals surface area contributed by atoms with Gasteiger partial charge in [-0.2, -0.15) is 0 Å². The molecule has 1 aromatic heterocycles. The number of rotatable bonds is 6. The number of aliphatic hydroxyl groups is 1. The second-order valence-electron chi connectivity index (χ2n) is 5.59. The minimum atomic E-state index is -4.13. The number of ether oxygens (including phenoxy) is 1. The summed E-state index contributed by atoms with van der Waals surface area (Å²) < 4.78 is 47.5. The van der Waals surface area contributed by atoms with E-state index in [-0.39, 0.29) is 19.1 Å². The van der Waals surface area contributed by atoms with Crippen LogP contribution in [0.25, 0.3) is 0 Å². The molecule has 0 aliphatic heterocycles. The van der Waals surface area contributed by atoms with E-state index in [0.717, 1.165) is 23.6 Å². The molecule has 1 fully saturated rings. The highest BCUT2D eigenvalue weighted by atomic mass is 32.2. The molecule has 9 heteroatoms. The molecule has 0 saturated heterocycles. The van der Waals surface area contributed by atoms with E-state index in [0.29, 0.717) is 6.42 Å². The molecular weight excluding hydrogens is 327 g/mol. The maximum absolute atomic E-state index is 14.4. The lowest BCUT2D eigenvalue weighted by atomic mass is 10.1. The lowest BCUT2D eigenvalue weighted by molar-refractivity contribution is 0.0509. The Hall–Kier alpha value is -1.45. The third kappa shape index (κ3) is 3.56. The highest BCUT2D eigenvalue weighted by Crippen LogP contribution is 2.28. The first-order chi connectivity index (χ1) is 10.8. The molecule has 1 saturated carbocycles. The average Bonchev–Trinajstić information content (AvgIpc) is 3.03. The van der Waals surface area contributed by atoms with Gasteiger partial charge in [-0.25, -0.2) is 22.3 Å². The van der Waals surface area contributed by atoms with Gasteiger partial charge in [0.15, 0.2) is 11.5 Å². The number of nitrogens with one attached hydrogen (secondary N) is 1. The fourth-order valence-corrected chi connectivity index (χ4v) is 4.33. The first-order valence-electron chi connectivity index (χ1n) is 7.47. The van der Waals surface area contributed by atoms with Gasteiger partial charge in [-0.05, 0) is 25.7 Å². The zero-order valence-electron chi connectivity index (χ0n) is 13.1. The monoisotopic (exact) mass is 348 g/mol. The SMILES string of the molecule is CCOC(=O)c1c(F)c(S(=O)(=O)N[C@@H]2CCC[C@@H]2CO)cn1C. The summed E-state index contributed by atoms with van der Waals surface area (Å²) in [6, 6.07) is -0.435. The number of aliphatic hydroxyl groups excluding tert-OH is 1. The summed E-state index contributed by atoms with van der Waals surface area (Å²) in [5.74, 6) is -2.22. The summed E-state index contributed by atoms with van der Waals surface area (Å²) in [4.78, 5) is 11.1. The van der Waals surface area contributed by atoms with E-state index in [1.54, 1.807) is 6.92 Å². The maximum Gasteiger partial charge on any atom is 0.358 e. The molecule has 0 radical (unpaired) electrons. The van der Waals surface area contributed by atoms with Gasteiger partial charge in [0, 0.05) is 25.9 Å². The van der Waals surface area contributed by atoms with Gasteiger partial charge in [-0.15, -0.1) is 0 Å². The van der Waals surface area contributed by atoms with Crippen molar-refractivity contribution in [1.82, 2.24) is 9.29 Å². The van der Waals surface area contributed by atoms with Crippen LogP contribution in [0.3, 0.4) is 0 Å². The van der Waals surface area contributed by atoms with Gasteiger partial charge < -0.3 is 14.4 Å². The van der Waals surface area contributed by atoms with Crippen LogP contribution in [0.1, 0.15) is 36.7 Å². The molecule has 1 heterocycles. The molecule has 1 aliphatic rings. The van der Waals surface area contributed by atoms with E-state index in [9.17, 15) is 22.7 Å². The molecule has 0 spiro atoms. The molecule has 2 N–H and O–H groups in total. The fraction of sp³-hybridized carbons (Fsp3) is 0.643. The van der Waals surface area contributed by atoms with Gasteiger partial charge in [0.2, 0.25) is 10.0 Å². The number of carbonyl (C=O) groups excluding carboxylic acids is 1. The van der Waals surface area contributed by atoms with Crippen LogP contribution in [0.15, 0.2) is 11.1 Å². The van der Waals surface area contributed by atoms with E-state index in [4.69, 9.17) is 4.74 Å². The number of hydrogen-bond donors (Lipinski definition) is 2. The number of aryl methyl sites for hydroxylation is 1. The summed E-state index contributed by atoms with van der Waals surface area (Å²) in [6.45, 7) is 1.51. The van der Waals surface area contributed by atoms with Crippen molar-refractivity contribution in [3.05, 3.63) is 17.7 Å². The van der Waals surface area contributed by atoms with Crippen molar-refractivity contribution in [3.8, 4) is 0 Å². The van der Waals surface area contributed by atoms with Crippen LogP contribution in [0.2, 0.25) is 0 Å². The van der Waals surface area contributed by atoms with Gasteiger partial charge in [0.1, 0.15) is 4.90 Å². The number of halogens is 1. The van der Waals surface area contributed by atoms with Gasteiger partial charge in [-0.1, -0.05) is 6.42 Å². The van der Waals surface area contributed by atoms with Crippen molar-refractivity contribution in [2.24, 2.45) is 13.0 Å². The molecule has 0 bridgehead atoms. The number of carbonyl (C=O) groups is 1. The minimum Gasteiger partial charge on any atom is -0.461 e. The lowest BCUT2D eigenvalue weighted by Gasteiger charge is -2.18. The van der Waals surface area contributed by atoms with Crippen LogP contribution in [-0.4, -0.2) is 43.3 Å². The predicted octanol–water partition coefficient (Wildman–Crippen LogP) is 0.780. The molecular formula is C14H21FN2O5S. The van der Waals surface area contributed by atoms with Crippen LogP contribution < -0.4 is 4.72 Å². The van der Waals surface area contributed by atoms with E-state index in [1.807, 2.05) is 0 Å². The largest absolute Gasteiger partial charge is 0.461 e. The predicted molar refractivity (Wildman–Crippen MR) is 79.9 cm³/mol. The smallest absolute Gasteiger partial charge is 0.358 e. The number of esters is 1. The molecule has 130 valence electrons. The summed E-state index contributed by atoms with van der Waals surface area (Å²) in [7, 11) is -2.76. The summed E-state index contributed by atoms with van der Waals surface area (Å²) in [6.07, 6.45) is 3.15. The highest BCUT2D eigenvalue weighted by Gasteiger charge is 2.34. The molecule has 1 aromatic rings. The van der Waals surface area contributed by atoms with E-state index >= 15 is 0 Å².